The van der Waals surface area contributed by atoms with Crippen LogP contribution in [0.25, 0.3) is 0 Å². The number of hydrogen-bond acceptors (Lipinski definition) is 5. The van der Waals surface area contributed by atoms with Gasteiger partial charge in [-0.1, -0.05) is 24.3 Å². The predicted octanol–water partition coefficient (Wildman–Crippen LogP) is 2.58. The fourth-order valence-corrected chi connectivity index (χ4v) is 2.77. The monoisotopic (exact) mass is 366 g/mol. The van der Waals surface area contributed by atoms with Crippen LogP contribution in [0.3, 0.4) is 0 Å². The van der Waals surface area contributed by atoms with Gasteiger partial charge in [0.1, 0.15) is 24.2 Å². The molecule has 1 amide bonds. The first-order chi connectivity index (χ1) is 13.1. The van der Waals surface area contributed by atoms with Crippen molar-refractivity contribution in [3.63, 3.8) is 0 Å². The molecule has 0 radical (unpaired) electrons. The van der Waals surface area contributed by atoms with Crippen LogP contribution in [0.4, 0.5) is 0 Å². The number of nitrogens with one attached hydrogen (secondary N) is 1. The van der Waals surface area contributed by atoms with Crippen LogP contribution in [0.15, 0.2) is 49.1 Å². The van der Waals surface area contributed by atoms with Crippen LogP contribution < -0.4 is 14.8 Å². The molecule has 0 bridgehead atoms. The van der Waals surface area contributed by atoms with E-state index < -0.39 is 0 Å². The third-order valence-corrected chi connectivity index (χ3v) is 4.30. The topological polar surface area (TPSA) is 78.3 Å². The average molecular weight is 366 g/mol. The van der Waals surface area contributed by atoms with Crippen molar-refractivity contribution in [1.82, 2.24) is 20.1 Å². The first-order valence-electron chi connectivity index (χ1n) is 8.51. The lowest BCUT2D eigenvalue weighted by atomic mass is 10.1. The Balaban J connectivity index is 1.63. The minimum absolute atomic E-state index is 0.182. The lowest BCUT2D eigenvalue weighted by Crippen LogP contribution is -2.23. The second kappa shape index (κ2) is 8.35. The Bertz CT molecular complexity index is 880. The number of ether oxygens (including phenoxy) is 2. The summed E-state index contributed by atoms with van der Waals surface area (Å²) >= 11 is 0. The summed E-state index contributed by atoms with van der Waals surface area (Å²) in [5.74, 6) is 1.06. The summed E-state index contributed by atoms with van der Waals surface area (Å²) < 4.78 is 12.4. The number of carbonyl (C=O) groups is 1. The molecule has 0 atom stereocenters. The van der Waals surface area contributed by atoms with Crippen molar-refractivity contribution in [3.05, 3.63) is 71.3 Å². The van der Waals surface area contributed by atoms with Gasteiger partial charge in [-0.25, -0.2) is 9.67 Å². The van der Waals surface area contributed by atoms with E-state index in [0.29, 0.717) is 30.2 Å². The van der Waals surface area contributed by atoms with Crippen molar-refractivity contribution in [1.29, 1.82) is 0 Å². The van der Waals surface area contributed by atoms with Gasteiger partial charge in [0.05, 0.1) is 20.8 Å². The van der Waals surface area contributed by atoms with E-state index in [-0.39, 0.29) is 5.91 Å². The van der Waals surface area contributed by atoms with E-state index in [0.717, 1.165) is 16.7 Å². The first kappa shape index (κ1) is 18.4. The maximum Gasteiger partial charge on any atom is 0.251 e. The number of hydrogen-bond donors (Lipinski definition) is 1. The lowest BCUT2D eigenvalue weighted by molar-refractivity contribution is 0.0950. The molecule has 2 aromatic carbocycles. The summed E-state index contributed by atoms with van der Waals surface area (Å²) in [7, 11) is 3.15. The predicted molar refractivity (Wildman–Crippen MR) is 101 cm³/mol. The van der Waals surface area contributed by atoms with Gasteiger partial charge in [0.15, 0.2) is 0 Å². The standard InChI is InChI=1S/C20H22N4O3/c1-14-18(26-2)8-17(9-19(14)27-3)20(25)22-10-15-4-6-16(7-5-15)11-24-13-21-12-23-24/h4-9,12-13H,10-11H2,1-3H3,(H,22,25). The fourth-order valence-electron chi connectivity index (χ4n) is 2.77. The molecule has 0 aliphatic rings. The first-order valence-corrected chi connectivity index (χ1v) is 8.51. The summed E-state index contributed by atoms with van der Waals surface area (Å²) in [6, 6.07) is 11.4. The fraction of sp³-hybridized carbons (Fsp3) is 0.250. The van der Waals surface area contributed by atoms with Gasteiger partial charge >= 0.3 is 0 Å². The van der Waals surface area contributed by atoms with Crippen LogP contribution >= 0.6 is 0 Å². The quantitative estimate of drug-likeness (QED) is 0.695. The molecule has 3 aromatic rings. The summed E-state index contributed by atoms with van der Waals surface area (Å²) in [5, 5.41) is 7.01. The summed E-state index contributed by atoms with van der Waals surface area (Å²) in [6.45, 7) is 2.98. The SMILES string of the molecule is COc1cc(C(=O)NCc2ccc(Cn3cncn3)cc2)cc(OC)c1C. The Hall–Kier alpha value is -3.35. The van der Waals surface area contributed by atoms with Crippen LogP contribution in [0.5, 0.6) is 11.5 Å². The van der Waals surface area contributed by atoms with E-state index in [2.05, 4.69) is 15.4 Å². The number of methoxy groups -OCH3 is 2. The highest BCUT2D eigenvalue weighted by molar-refractivity contribution is 5.95. The molecular weight excluding hydrogens is 344 g/mol. The number of nitrogens with zero attached hydrogens (tertiary/aromatic N) is 3. The molecule has 0 aliphatic carbocycles. The summed E-state index contributed by atoms with van der Waals surface area (Å²) in [4.78, 5) is 16.4. The van der Waals surface area contributed by atoms with Crippen LogP contribution in [0.2, 0.25) is 0 Å². The van der Waals surface area contributed by atoms with Crippen molar-refractivity contribution in [3.8, 4) is 11.5 Å². The number of rotatable bonds is 7. The Labute approximate surface area is 158 Å². The van der Waals surface area contributed by atoms with E-state index in [1.165, 1.54) is 6.33 Å². The number of benzene rings is 2. The lowest BCUT2D eigenvalue weighted by Gasteiger charge is -2.13. The van der Waals surface area contributed by atoms with Crippen molar-refractivity contribution < 1.29 is 14.3 Å². The van der Waals surface area contributed by atoms with Gasteiger partial charge in [-0.3, -0.25) is 4.79 Å². The van der Waals surface area contributed by atoms with Gasteiger partial charge in [0.25, 0.3) is 5.91 Å². The Morgan fingerprint density at radius 1 is 1.07 bits per heavy atom. The highest BCUT2D eigenvalue weighted by Crippen LogP contribution is 2.29. The molecule has 1 heterocycles. The molecule has 0 unspecified atom stereocenters. The summed E-state index contributed by atoms with van der Waals surface area (Å²) in [6.07, 6.45) is 3.19. The average Bonchev–Trinajstić information content (AvgIpc) is 3.20. The molecule has 27 heavy (non-hydrogen) atoms. The van der Waals surface area contributed by atoms with Gasteiger partial charge in [-0.15, -0.1) is 0 Å². The van der Waals surface area contributed by atoms with Crippen LogP contribution in [0, 0.1) is 6.92 Å². The van der Waals surface area contributed by atoms with E-state index in [1.54, 1.807) is 37.4 Å². The van der Waals surface area contributed by atoms with Crippen molar-refractivity contribution in [2.75, 3.05) is 14.2 Å². The Morgan fingerprint density at radius 2 is 1.70 bits per heavy atom. The zero-order chi connectivity index (χ0) is 19.2. The number of aromatic nitrogens is 3. The highest BCUT2D eigenvalue weighted by atomic mass is 16.5. The normalized spacial score (nSPS) is 10.5. The Kier molecular flexibility index (Phi) is 5.71. The Morgan fingerprint density at radius 3 is 2.26 bits per heavy atom. The molecule has 1 aromatic heterocycles. The van der Waals surface area contributed by atoms with Crippen LogP contribution in [0.1, 0.15) is 27.0 Å². The van der Waals surface area contributed by atoms with Crippen LogP contribution in [-0.2, 0) is 13.1 Å². The smallest absolute Gasteiger partial charge is 0.251 e. The van der Waals surface area contributed by atoms with Crippen LogP contribution in [-0.4, -0.2) is 34.9 Å². The highest BCUT2D eigenvalue weighted by Gasteiger charge is 2.13. The van der Waals surface area contributed by atoms with Gasteiger partial charge in [0, 0.05) is 17.7 Å². The molecule has 140 valence electrons. The minimum Gasteiger partial charge on any atom is -0.496 e. The molecule has 7 heteroatoms. The van der Waals surface area contributed by atoms with Gasteiger partial charge in [0.2, 0.25) is 0 Å². The van der Waals surface area contributed by atoms with Gasteiger partial charge in [-0.2, -0.15) is 5.10 Å². The van der Waals surface area contributed by atoms with Crippen molar-refractivity contribution in [2.45, 2.75) is 20.0 Å². The summed E-state index contributed by atoms with van der Waals surface area (Å²) in [5.41, 5.74) is 3.48. The third-order valence-electron chi connectivity index (χ3n) is 4.30. The second-order valence-electron chi connectivity index (χ2n) is 6.10. The van der Waals surface area contributed by atoms with Gasteiger partial charge in [-0.05, 0) is 30.2 Å². The third kappa shape index (κ3) is 4.44. The molecule has 3 rings (SSSR count). The second-order valence-corrected chi connectivity index (χ2v) is 6.10. The van der Waals surface area contributed by atoms with E-state index in [1.807, 2.05) is 31.2 Å². The van der Waals surface area contributed by atoms with Crippen molar-refractivity contribution >= 4 is 5.91 Å². The largest absolute Gasteiger partial charge is 0.496 e. The molecule has 0 spiro atoms. The molecule has 7 nitrogen and oxygen atoms in total. The number of amides is 1. The van der Waals surface area contributed by atoms with Gasteiger partial charge < -0.3 is 14.8 Å². The van der Waals surface area contributed by atoms with Crippen molar-refractivity contribution in [2.24, 2.45) is 0 Å². The zero-order valence-electron chi connectivity index (χ0n) is 15.6. The number of carbonyl (C=O) groups excluding carboxylic acids is 1. The molecule has 0 aliphatic heterocycles. The molecule has 0 saturated heterocycles. The molecule has 1 N–H and O–H groups in total. The molecule has 0 saturated carbocycles. The zero-order valence-corrected chi connectivity index (χ0v) is 15.6. The maximum absolute atomic E-state index is 12.5. The van der Waals surface area contributed by atoms with E-state index in [9.17, 15) is 4.79 Å². The van der Waals surface area contributed by atoms with E-state index >= 15 is 0 Å². The van der Waals surface area contributed by atoms with E-state index in [4.69, 9.17) is 9.47 Å². The molecular formula is C20H22N4O3. The minimum atomic E-state index is -0.182. The maximum atomic E-state index is 12.5. The molecule has 0 fully saturated rings.